The van der Waals surface area contributed by atoms with Gasteiger partial charge in [0.15, 0.2) is 0 Å². The quantitative estimate of drug-likeness (QED) is 0.431. The molecule has 0 aromatic rings. The molecule has 0 aliphatic rings. The molecule has 20 heavy (non-hydrogen) atoms. The van der Waals surface area contributed by atoms with Crippen LogP contribution in [0.3, 0.4) is 0 Å². The van der Waals surface area contributed by atoms with Crippen LogP contribution in [-0.2, 0) is 9.47 Å². The summed E-state index contributed by atoms with van der Waals surface area (Å²) in [6.45, 7) is 4.25. The zero-order valence-corrected chi connectivity index (χ0v) is 13.9. The molecule has 0 spiro atoms. The summed E-state index contributed by atoms with van der Waals surface area (Å²) in [6.07, 6.45) is 14.8. The number of hydrogen-bond donors (Lipinski definition) is 1. The molecule has 0 saturated carbocycles. The second kappa shape index (κ2) is 16.9. The predicted octanol–water partition coefficient (Wildman–Crippen LogP) is 4.29. The zero-order chi connectivity index (χ0) is 14.9. The van der Waals surface area contributed by atoms with E-state index < -0.39 is 0 Å². The predicted molar refractivity (Wildman–Crippen MR) is 87.1 cm³/mol. The largest absolute Gasteiger partial charge is 0.382 e. The van der Waals surface area contributed by atoms with Crippen LogP contribution in [0.25, 0.3) is 0 Å². The van der Waals surface area contributed by atoms with E-state index in [1.165, 1.54) is 64.2 Å². The first-order valence-electron chi connectivity index (χ1n) is 8.63. The Hall–Kier alpha value is -0.120. The molecule has 2 N–H and O–H groups in total. The Morgan fingerprint density at radius 1 is 0.800 bits per heavy atom. The second-order valence-corrected chi connectivity index (χ2v) is 5.80. The Bertz CT molecular complexity index is 176. The Labute approximate surface area is 126 Å². The molecule has 1 unspecified atom stereocenters. The van der Waals surface area contributed by atoms with Gasteiger partial charge in [0.25, 0.3) is 0 Å². The van der Waals surface area contributed by atoms with Crippen LogP contribution in [0.2, 0.25) is 0 Å². The van der Waals surface area contributed by atoms with Gasteiger partial charge in [-0.25, -0.2) is 0 Å². The van der Waals surface area contributed by atoms with Crippen molar-refractivity contribution in [1.29, 1.82) is 0 Å². The molecule has 0 fully saturated rings. The summed E-state index contributed by atoms with van der Waals surface area (Å²) in [6, 6.07) is 0.195. The van der Waals surface area contributed by atoms with Gasteiger partial charge in [-0.1, -0.05) is 71.1 Å². The monoisotopic (exact) mass is 287 g/mol. The molecule has 0 aromatic carbocycles. The van der Waals surface area contributed by atoms with Crippen LogP contribution in [0.4, 0.5) is 0 Å². The Morgan fingerprint density at radius 2 is 1.35 bits per heavy atom. The molecular formula is C17H37NO2. The Balaban J connectivity index is 3.07. The molecular weight excluding hydrogens is 250 g/mol. The topological polar surface area (TPSA) is 44.5 Å². The van der Waals surface area contributed by atoms with Crippen LogP contribution in [0.5, 0.6) is 0 Å². The van der Waals surface area contributed by atoms with E-state index >= 15 is 0 Å². The van der Waals surface area contributed by atoms with E-state index in [0.717, 1.165) is 6.42 Å². The molecule has 122 valence electrons. The van der Waals surface area contributed by atoms with Crippen molar-refractivity contribution in [3.8, 4) is 0 Å². The van der Waals surface area contributed by atoms with Crippen LogP contribution < -0.4 is 5.73 Å². The van der Waals surface area contributed by atoms with Crippen molar-refractivity contribution >= 4 is 0 Å². The summed E-state index contributed by atoms with van der Waals surface area (Å²) < 4.78 is 10.4. The van der Waals surface area contributed by atoms with Gasteiger partial charge in [0.05, 0.1) is 19.8 Å². The van der Waals surface area contributed by atoms with Gasteiger partial charge in [0.1, 0.15) is 0 Å². The van der Waals surface area contributed by atoms with Crippen molar-refractivity contribution in [1.82, 2.24) is 0 Å². The third kappa shape index (κ3) is 15.9. The van der Waals surface area contributed by atoms with Crippen LogP contribution in [0, 0.1) is 0 Å². The zero-order valence-electron chi connectivity index (χ0n) is 13.9. The number of rotatable bonds is 16. The summed E-state index contributed by atoms with van der Waals surface area (Å²) in [5, 5.41) is 0. The highest BCUT2D eigenvalue weighted by molar-refractivity contribution is 4.60. The van der Waals surface area contributed by atoms with Crippen molar-refractivity contribution in [2.45, 2.75) is 83.6 Å². The van der Waals surface area contributed by atoms with E-state index in [1.54, 1.807) is 7.11 Å². The van der Waals surface area contributed by atoms with Crippen molar-refractivity contribution < 1.29 is 9.47 Å². The van der Waals surface area contributed by atoms with Gasteiger partial charge < -0.3 is 15.2 Å². The van der Waals surface area contributed by atoms with E-state index in [9.17, 15) is 0 Å². The Morgan fingerprint density at radius 3 is 1.90 bits per heavy atom. The summed E-state index contributed by atoms with van der Waals surface area (Å²) in [5.74, 6) is 0. The maximum Gasteiger partial charge on any atom is 0.0701 e. The van der Waals surface area contributed by atoms with Crippen molar-refractivity contribution in [2.24, 2.45) is 5.73 Å². The molecule has 0 amide bonds. The van der Waals surface area contributed by atoms with Gasteiger partial charge in [-0.05, 0) is 6.42 Å². The lowest BCUT2D eigenvalue weighted by Crippen LogP contribution is -2.26. The number of nitrogens with two attached hydrogens (primary N) is 1. The minimum atomic E-state index is 0.195. The minimum absolute atomic E-state index is 0.195. The Kier molecular flexibility index (Phi) is 16.8. The van der Waals surface area contributed by atoms with Gasteiger partial charge >= 0.3 is 0 Å². The van der Waals surface area contributed by atoms with Crippen LogP contribution in [0.15, 0.2) is 0 Å². The third-order valence-corrected chi connectivity index (χ3v) is 3.69. The molecule has 3 nitrogen and oxygen atoms in total. The highest BCUT2D eigenvalue weighted by Gasteiger charge is 2.02. The van der Waals surface area contributed by atoms with E-state index in [1.807, 2.05) is 0 Å². The first-order valence-corrected chi connectivity index (χ1v) is 8.63. The fourth-order valence-electron chi connectivity index (χ4n) is 2.35. The van der Waals surface area contributed by atoms with Gasteiger partial charge in [0.2, 0.25) is 0 Å². The van der Waals surface area contributed by atoms with E-state index in [0.29, 0.717) is 19.8 Å². The number of methoxy groups -OCH3 is 1. The summed E-state index contributed by atoms with van der Waals surface area (Å²) >= 11 is 0. The van der Waals surface area contributed by atoms with Crippen LogP contribution >= 0.6 is 0 Å². The smallest absolute Gasteiger partial charge is 0.0701 e. The molecule has 0 aliphatic heterocycles. The standard InChI is InChI=1S/C17H37NO2/c1-3-4-5-6-7-8-9-10-11-12-13-17(18)16-20-15-14-19-2/h17H,3-16,18H2,1-2H3. The van der Waals surface area contributed by atoms with Gasteiger partial charge in [-0.2, -0.15) is 0 Å². The molecule has 0 radical (unpaired) electrons. The molecule has 1 atom stereocenters. The molecule has 0 bridgehead atoms. The maximum atomic E-state index is 6.00. The third-order valence-electron chi connectivity index (χ3n) is 3.69. The molecule has 0 aliphatic carbocycles. The van der Waals surface area contributed by atoms with Crippen LogP contribution in [-0.4, -0.2) is 33.0 Å². The minimum Gasteiger partial charge on any atom is -0.382 e. The highest BCUT2D eigenvalue weighted by Crippen LogP contribution is 2.11. The van der Waals surface area contributed by atoms with Crippen molar-refractivity contribution in [3.63, 3.8) is 0 Å². The average Bonchev–Trinajstić information content (AvgIpc) is 2.45. The second-order valence-electron chi connectivity index (χ2n) is 5.80. The van der Waals surface area contributed by atoms with Crippen molar-refractivity contribution in [3.05, 3.63) is 0 Å². The van der Waals surface area contributed by atoms with E-state index in [4.69, 9.17) is 15.2 Å². The molecule has 0 aromatic heterocycles. The number of ether oxygens (including phenoxy) is 2. The lowest BCUT2D eigenvalue weighted by Gasteiger charge is -2.11. The summed E-state index contributed by atoms with van der Waals surface area (Å²) in [4.78, 5) is 0. The van der Waals surface area contributed by atoms with E-state index in [-0.39, 0.29) is 6.04 Å². The van der Waals surface area contributed by atoms with Gasteiger partial charge in [-0.15, -0.1) is 0 Å². The lowest BCUT2D eigenvalue weighted by molar-refractivity contribution is 0.0623. The van der Waals surface area contributed by atoms with Crippen LogP contribution in [0.1, 0.15) is 77.6 Å². The summed E-state index contributed by atoms with van der Waals surface area (Å²) in [5.41, 5.74) is 6.00. The molecule has 0 rings (SSSR count). The first kappa shape index (κ1) is 19.9. The maximum absolute atomic E-state index is 6.00. The average molecular weight is 287 g/mol. The fourth-order valence-corrected chi connectivity index (χ4v) is 2.35. The molecule has 0 heterocycles. The first-order chi connectivity index (χ1) is 9.81. The van der Waals surface area contributed by atoms with Gasteiger partial charge in [0, 0.05) is 13.2 Å². The summed E-state index contributed by atoms with van der Waals surface area (Å²) in [7, 11) is 1.69. The number of hydrogen-bond acceptors (Lipinski definition) is 3. The fraction of sp³-hybridized carbons (Fsp3) is 1.00. The normalized spacial score (nSPS) is 12.8. The highest BCUT2D eigenvalue weighted by atomic mass is 16.5. The lowest BCUT2D eigenvalue weighted by atomic mass is 10.0. The van der Waals surface area contributed by atoms with Crippen molar-refractivity contribution in [2.75, 3.05) is 26.9 Å². The molecule has 3 heteroatoms. The van der Waals surface area contributed by atoms with Gasteiger partial charge in [-0.3, -0.25) is 0 Å². The number of unbranched alkanes of at least 4 members (excludes halogenated alkanes) is 9. The molecule has 0 saturated heterocycles. The SMILES string of the molecule is CCCCCCCCCCCCC(N)COCCOC. The van der Waals surface area contributed by atoms with E-state index in [2.05, 4.69) is 6.92 Å².